The molecule has 312 valence electrons. The van der Waals surface area contributed by atoms with Gasteiger partial charge in [-0.15, -0.1) is 0 Å². The lowest BCUT2D eigenvalue weighted by molar-refractivity contribution is 0.488. The van der Waals surface area contributed by atoms with Gasteiger partial charge in [-0.3, -0.25) is 0 Å². The zero-order valence-electron chi connectivity index (χ0n) is 36.8. The second-order valence-electron chi connectivity index (χ2n) is 18.7. The third-order valence-corrected chi connectivity index (χ3v) is 15.4. The van der Waals surface area contributed by atoms with Gasteiger partial charge < -0.3 is 24.3 Å². The van der Waals surface area contributed by atoms with Crippen LogP contribution in [0.5, 0.6) is 11.5 Å². The highest BCUT2D eigenvalue weighted by atomic mass is 16.5. The van der Waals surface area contributed by atoms with Crippen LogP contribution in [0.15, 0.2) is 224 Å². The lowest BCUT2D eigenvalue weighted by atomic mass is 9.28. The molecule has 0 amide bonds. The van der Waals surface area contributed by atoms with Crippen molar-refractivity contribution < 1.29 is 4.74 Å². The van der Waals surface area contributed by atoms with E-state index in [1.165, 1.54) is 89.0 Å². The molecule has 68 heavy (non-hydrogen) atoms. The number of nitrogens with zero attached hydrogens (tertiary/aromatic N) is 4. The quantitative estimate of drug-likeness (QED) is 0.165. The van der Waals surface area contributed by atoms with E-state index in [4.69, 9.17) is 4.74 Å². The van der Waals surface area contributed by atoms with Crippen LogP contribution in [-0.4, -0.2) is 20.1 Å². The Bertz CT molecular complexity index is 3780. The molecule has 0 saturated carbocycles. The number of para-hydroxylation sites is 7. The molecule has 0 radical (unpaired) electrons. The van der Waals surface area contributed by atoms with E-state index >= 15 is 0 Å². The molecule has 6 heterocycles. The predicted molar refractivity (Wildman–Crippen MR) is 286 cm³/mol. The average molecular weight is 862 g/mol. The van der Waals surface area contributed by atoms with Crippen LogP contribution in [0.3, 0.4) is 0 Å². The van der Waals surface area contributed by atoms with Crippen molar-refractivity contribution in [3.05, 3.63) is 224 Å². The summed E-state index contributed by atoms with van der Waals surface area (Å²) in [5.74, 6) is 1.79. The number of anilines is 12. The number of benzene rings is 10. The van der Waals surface area contributed by atoms with Gasteiger partial charge in [-0.05, 0) is 122 Å². The number of hydrogen-bond donors (Lipinski definition) is 0. The first-order chi connectivity index (χ1) is 33.8. The van der Waals surface area contributed by atoms with E-state index in [0.29, 0.717) is 0 Å². The molecule has 0 aliphatic carbocycles. The van der Waals surface area contributed by atoms with E-state index in [9.17, 15) is 0 Å². The third kappa shape index (κ3) is 4.68. The summed E-state index contributed by atoms with van der Waals surface area (Å²) < 4.78 is 7.57. The van der Waals surface area contributed by atoms with Gasteiger partial charge in [0.1, 0.15) is 11.5 Å². The summed E-state index contributed by atoms with van der Waals surface area (Å²) in [6, 6.07) is 82.9. The Balaban J connectivity index is 0.996. The van der Waals surface area contributed by atoms with Crippen LogP contribution < -0.4 is 73.5 Å². The van der Waals surface area contributed by atoms with Gasteiger partial charge in [0.05, 0.1) is 0 Å². The molecule has 5 nitrogen and oxygen atoms in total. The minimum atomic E-state index is -0.0819. The molecule has 0 unspecified atom stereocenters. The molecule has 0 spiro atoms. The maximum Gasteiger partial charge on any atom is 0.256 e. The normalized spacial score (nSPS) is 14.4. The molecule has 0 bridgehead atoms. The Kier molecular flexibility index (Phi) is 7.26. The predicted octanol–water partition coefficient (Wildman–Crippen LogP) is 8.79. The summed E-state index contributed by atoms with van der Waals surface area (Å²) in [5, 5.41) is 0. The lowest BCUT2D eigenvalue weighted by Crippen LogP contribution is -2.68. The number of fused-ring (bicyclic) bond motifs is 14. The monoisotopic (exact) mass is 862 g/mol. The SMILES string of the molecule is c1ccc(N2c3ccccc3B3c4cc5c(cc4N(c4ccccc4)c4cccc2c43)Oc2cc3c4c6c2B5c2ccccc2N6c2ccccc2B4c2ccccc2N3c2ccccc2)cc1. The smallest absolute Gasteiger partial charge is 0.256 e. The minimum Gasteiger partial charge on any atom is -0.458 e. The van der Waals surface area contributed by atoms with Crippen LogP contribution in [0.2, 0.25) is 0 Å². The van der Waals surface area contributed by atoms with Crippen molar-refractivity contribution in [2.24, 2.45) is 0 Å². The standard InChI is InChI=1S/C60H37B3N4O/c1-4-19-38(20-5-1)64-47-29-14-11-26-42(47)62-45-35-46-55(36-53(45)66(40-23-8-3-9-24-40)52-34-18-33-51(64)57(52)62)68-56-37-54-58-60-59(56)63(46)44-28-13-17-32-50(44)67(60)49-31-16-12-27-43(49)61(58)41-25-10-15-30-48(41)65(54)39-21-6-2-7-22-39/h1-37H. The number of rotatable bonds is 3. The second-order valence-corrected chi connectivity index (χ2v) is 18.7. The highest BCUT2D eigenvalue weighted by Crippen LogP contribution is 2.50. The summed E-state index contributed by atoms with van der Waals surface area (Å²) in [6.45, 7) is -0.0737. The molecule has 0 aromatic heterocycles. The van der Waals surface area contributed by atoms with Crippen molar-refractivity contribution in [2.75, 3.05) is 19.6 Å². The fourth-order valence-electron chi connectivity index (χ4n) is 12.9. The van der Waals surface area contributed by atoms with E-state index in [0.717, 1.165) is 39.9 Å². The maximum absolute atomic E-state index is 7.57. The average Bonchev–Trinajstić information content (AvgIpc) is 3.40. The topological polar surface area (TPSA) is 22.2 Å². The van der Waals surface area contributed by atoms with Crippen LogP contribution in [0.1, 0.15) is 0 Å². The van der Waals surface area contributed by atoms with Crippen LogP contribution in [0, 0.1) is 0 Å². The molecule has 0 N–H and O–H groups in total. The van der Waals surface area contributed by atoms with E-state index in [1.807, 2.05) is 0 Å². The van der Waals surface area contributed by atoms with Gasteiger partial charge >= 0.3 is 0 Å². The number of ether oxygens (including phenoxy) is 1. The van der Waals surface area contributed by atoms with Gasteiger partial charge in [0.25, 0.3) is 20.1 Å². The van der Waals surface area contributed by atoms with Crippen molar-refractivity contribution in [2.45, 2.75) is 0 Å². The number of hydrogen-bond acceptors (Lipinski definition) is 5. The summed E-state index contributed by atoms with van der Waals surface area (Å²) in [4.78, 5) is 9.97. The molecule has 10 aromatic carbocycles. The van der Waals surface area contributed by atoms with Crippen LogP contribution >= 0.6 is 0 Å². The summed E-state index contributed by atoms with van der Waals surface area (Å²) in [7, 11) is 0. The largest absolute Gasteiger partial charge is 0.458 e. The van der Waals surface area contributed by atoms with E-state index < -0.39 is 0 Å². The Morgan fingerprint density at radius 3 is 1.15 bits per heavy atom. The van der Waals surface area contributed by atoms with Crippen molar-refractivity contribution in [3.63, 3.8) is 0 Å². The van der Waals surface area contributed by atoms with Gasteiger partial charge in [0, 0.05) is 80.4 Å². The molecule has 10 aromatic rings. The Morgan fingerprint density at radius 2 is 0.632 bits per heavy atom. The summed E-state index contributed by atoms with van der Waals surface area (Å²) >= 11 is 0. The van der Waals surface area contributed by atoms with Crippen LogP contribution in [-0.2, 0) is 0 Å². The van der Waals surface area contributed by atoms with Crippen LogP contribution in [0.25, 0.3) is 0 Å². The fourth-order valence-corrected chi connectivity index (χ4v) is 12.9. The lowest BCUT2D eigenvalue weighted by Gasteiger charge is -2.49. The summed E-state index contributed by atoms with van der Waals surface area (Å²) in [5.41, 5.74) is 25.7. The Morgan fingerprint density at radius 1 is 0.250 bits per heavy atom. The first kappa shape index (κ1) is 36.6. The molecule has 0 saturated heterocycles. The second kappa shape index (κ2) is 13.5. The first-order valence-corrected chi connectivity index (χ1v) is 23.7. The third-order valence-electron chi connectivity index (χ3n) is 15.4. The van der Waals surface area contributed by atoms with Crippen molar-refractivity contribution in [1.29, 1.82) is 0 Å². The molecule has 16 rings (SSSR count). The van der Waals surface area contributed by atoms with Gasteiger partial charge in [0.15, 0.2) is 0 Å². The highest BCUT2D eigenvalue weighted by molar-refractivity contribution is 7.05. The minimum absolute atomic E-state index is 0.0246. The molecule has 8 heteroatoms. The Labute approximate surface area is 396 Å². The molecule has 0 fully saturated rings. The molecular weight excluding hydrogens is 825 g/mol. The molecule has 6 aliphatic heterocycles. The fraction of sp³-hybridized carbons (Fsp3) is 0. The molecule has 6 aliphatic rings. The van der Waals surface area contributed by atoms with Crippen molar-refractivity contribution in [3.8, 4) is 11.5 Å². The van der Waals surface area contributed by atoms with E-state index in [-0.39, 0.29) is 20.1 Å². The van der Waals surface area contributed by atoms with Crippen LogP contribution in [0.4, 0.5) is 68.2 Å². The van der Waals surface area contributed by atoms with E-state index in [1.54, 1.807) is 0 Å². The molecular formula is C60H37B3N4O. The van der Waals surface area contributed by atoms with Gasteiger partial charge in [0.2, 0.25) is 0 Å². The zero-order valence-corrected chi connectivity index (χ0v) is 36.8. The van der Waals surface area contributed by atoms with Crippen molar-refractivity contribution in [1.82, 2.24) is 0 Å². The maximum atomic E-state index is 7.57. The van der Waals surface area contributed by atoms with Gasteiger partial charge in [-0.25, -0.2) is 0 Å². The summed E-state index contributed by atoms with van der Waals surface area (Å²) in [6.07, 6.45) is 0. The first-order valence-electron chi connectivity index (χ1n) is 23.7. The molecule has 0 atom stereocenters. The Hall–Kier alpha value is -8.61. The zero-order chi connectivity index (χ0) is 44.2. The van der Waals surface area contributed by atoms with E-state index in [2.05, 4.69) is 244 Å². The van der Waals surface area contributed by atoms with Gasteiger partial charge in [-0.1, -0.05) is 140 Å². The van der Waals surface area contributed by atoms with Gasteiger partial charge in [-0.2, -0.15) is 0 Å². The highest BCUT2D eigenvalue weighted by Gasteiger charge is 2.52. The van der Waals surface area contributed by atoms with Crippen molar-refractivity contribution >= 4 is 138 Å².